The molecule has 0 spiro atoms. The van der Waals surface area contributed by atoms with Gasteiger partial charge < -0.3 is 19.1 Å². The molecule has 2 heterocycles. The molecule has 1 aliphatic rings. The van der Waals surface area contributed by atoms with E-state index < -0.39 is 40.2 Å². The molecule has 0 bridgehead atoms. The van der Waals surface area contributed by atoms with Crippen LogP contribution in [0.4, 0.5) is 18.0 Å². The van der Waals surface area contributed by atoms with Gasteiger partial charge in [0.15, 0.2) is 5.71 Å². The van der Waals surface area contributed by atoms with E-state index in [1.165, 1.54) is 17.2 Å². The summed E-state index contributed by atoms with van der Waals surface area (Å²) in [6, 6.07) is 2.30. The zero-order valence-corrected chi connectivity index (χ0v) is 18.2. The summed E-state index contributed by atoms with van der Waals surface area (Å²) < 4.78 is 59.0. The average molecular weight is 494 g/mol. The highest BCUT2D eigenvalue weighted by Gasteiger charge is 2.35. The quantitative estimate of drug-likeness (QED) is 0.499. The van der Waals surface area contributed by atoms with Gasteiger partial charge in [-0.3, -0.25) is 0 Å². The normalized spacial score (nSPS) is 17.1. The van der Waals surface area contributed by atoms with E-state index in [0.29, 0.717) is 5.52 Å². The Hall–Kier alpha value is -1.72. The number of carboxylic acid groups (broad SMARTS) is 1. The van der Waals surface area contributed by atoms with Crippen molar-refractivity contribution in [2.45, 2.75) is 38.0 Å². The largest absolute Gasteiger partial charge is 0.591 e. The lowest BCUT2D eigenvalue weighted by molar-refractivity contribution is 0.0871. The number of hydrogen-bond donors (Lipinski definition) is 1. The van der Waals surface area contributed by atoms with Crippen LogP contribution in [0, 0.1) is 5.82 Å². The van der Waals surface area contributed by atoms with Crippen molar-refractivity contribution in [3.05, 3.63) is 34.2 Å². The lowest BCUT2D eigenvalue weighted by Gasteiger charge is -2.38. The van der Waals surface area contributed by atoms with Crippen LogP contribution in [0.3, 0.4) is 0 Å². The molecule has 1 unspecified atom stereocenters. The van der Waals surface area contributed by atoms with Gasteiger partial charge in [0, 0.05) is 30.2 Å². The van der Waals surface area contributed by atoms with Crippen molar-refractivity contribution >= 4 is 50.0 Å². The molecule has 0 saturated carbocycles. The lowest BCUT2D eigenvalue weighted by atomic mass is 10.1. The third-order valence-corrected chi connectivity index (χ3v) is 6.61. The molecule has 0 aliphatic carbocycles. The predicted molar refractivity (Wildman–Crippen MR) is 109 cm³/mol. The van der Waals surface area contributed by atoms with Gasteiger partial charge >= 0.3 is 6.09 Å². The summed E-state index contributed by atoms with van der Waals surface area (Å²) in [5.74, 6) is -0.636. The van der Waals surface area contributed by atoms with Gasteiger partial charge in [-0.15, -0.1) is 0 Å². The number of nitrogens with zero attached hydrogens (tertiary/aromatic N) is 3. The summed E-state index contributed by atoms with van der Waals surface area (Å²) in [6.07, 6.45) is -2.69. The summed E-state index contributed by atoms with van der Waals surface area (Å²) >= 11 is 1.16. The van der Waals surface area contributed by atoms with E-state index >= 15 is 0 Å². The number of rotatable bonds is 4. The first-order chi connectivity index (χ1) is 13.4. The molecule has 11 heteroatoms. The Morgan fingerprint density at radius 1 is 1.38 bits per heavy atom. The topological polar surface area (TPSA) is 80.9 Å². The van der Waals surface area contributed by atoms with Crippen molar-refractivity contribution in [3.8, 4) is 0 Å². The number of likely N-dealkylation sites (tertiary alicyclic amines) is 1. The van der Waals surface area contributed by atoms with E-state index in [-0.39, 0.29) is 34.6 Å². The minimum absolute atomic E-state index is 0.0206. The standard InChI is InChI=1S/C18H19BrF3N3O3S/c1-18(2,3)29(28)23-15(16(21)22)11-8-25(9-6-24(7-9)17(26)27)14-5-12(19)13(20)4-10(11)14/h4-5,8-9,16H,6-7H2,1-3H3,(H,26,27). The maximum absolute atomic E-state index is 14.2. The number of benzene rings is 1. The third kappa shape index (κ3) is 4.26. The fourth-order valence-electron chi connectivity index (χ4n) is 2.97. The first-order valence-corrected chi connectivity index (χ1v) is 10.6. The molecule has 2 aromatic rings. The first kappa shape index (κ1) is 22.0. The van der Waals surface area contributed by atoms with E-state index in [2.05, 4.69) is 20.3 Å². The molecular weight excluding hydrogens is 475 g/mol. The SMILES string of the molecule is CC(C)(C)[S+]([O-])N=C(c1cn(C2CN(C(=O)O)C2)c2cc(Br)c(F)cc12)C(F)F. The monoisotopic (exact) mass is 493 g/mol. The molecule has 158 valence electrons. The van der Waals surface area contributed by atoms with E-state index in [9.17, 15) is 22.5 Å². The molecule has 1 aliphatic heterocycles. The van der Waals surface area contributed by atoms with Crippen LogP contribution in [0.15, 0.2) is 27.2 Å². The van der Waals surface area contributed by atoms with Crippen molar-refractivity contribution < 1.29 is 27.6 Å². The van der Waals surface area contributed by atoms with Crippen molar-refractivity contribution in [2.75, 3.05) is 13.1 Å². The second-order valence-corrected chi connectivity index (χ2v) is 10.5. The van der Waals surface area contributed by atoms with Crippen LogP contribution >= 0.6 is 15.9 Å². The number of fused-ring (bicyclic) bond motifs is 1. The highest BCUT2D eigenvalue weighted by molar-refractivity contribution is 9.10. The van der Waals surface area contributed by atoms with Gasteiger partial charge in [-0.2, -0.15) is 0 Å². The molecule has 29 heavy (non-hydrogen) atoms. The summed E-state index contributed by atoms with van der Waals surface area (Å²) in [5.41, 5.74) is -0.246. The van der Waals surface area contributed by atoms with Crippen molar-refractivity contribution in [1.29, 1.82) is 0 Å². The van der Waals surface area contributed by atoms with E-state index in [1.807, 2.05) is 0 Å². The molecule has 1 atom stereocenters. The number of carbonyl (C=O) groups is 1. The number of hydrogen-bond acceptors (Lipinski definition) is 3. The van der Waals surface area contributed by atoms with E-state index in [4.69, 9.17) is 5.11 Å². The molecule has 3 rings (SSSR count). The molecule has 6 nitrogen and oxygen atoms in total. The van der Waals surface area contributed by atoms with E-state index in [1.54, 1.807) is 25.3 Å². The second-order valence-electron chi connectivity index (χ2n) is 7.71. The predicted octanol–water partition coefficient (Wildman–Crippen LogP) is 4.59. The zero-order chi connectivity index (χ0) is 21.7. The summed E-state index contributed by atoms with van der Waals surface area (Å²) in [7, 11) is 0. The van der Waals surface area contributed by atoms with Crippen LogP contribution in [0.2, 0.25) is 0 Å². The zero-order valence-electron chi connectivity index (χ0n) is 15.8. The molecule has 1 aromatic carbocycles. The Bertz CT molecular complexity index is 984. The van der Waals surface area contributed by atoms with Crippen LogP contribution < -0.4 is 0 Å². The summed E-state index contributed by atoms with van der Waals surface area (Å²) in [5, 5.41) is 9.24. The van der Waals surface area contributed by atoms with E-state index in [0.717, 1.165) is 6.07 Å². The summed E-state index contributed by atoms with van der Waals surface area (Å²) in [4.78, 5) is 12.2. The van der Waals surface area contributed by atoms with Crippen molar-refractivity contribution in [2.24, 2.45) is 4.40 Å². The smallest absolute Gasteiger partial charge is 0.407 e. The molecule has 1 amide bonds. The maximum Gasteiger partial charge on any atom is 0.407 e. The Balaban J connectivity index is 2.15. The van der Waals surface area contributed by atoms with Gasteiger partial charge in [-0.05, 0) is 48.8 Å². The maximum atomic E-state index is 14.2. The van der Waals surface area contributed by atoms with Crippen LogP contribution in [0.1, 0.15) is 32.4 Å². The highest BCUT2D eigenvalue weighted by atomic mass is 79.9. The van der Waals surface area contributed by atoms with Gasteiger partial charge in [-0.25, -0.2) is 18.0 Å². The van der Waals surface area contributed by atoms with Crippen LogP contribution in [0.25, 0.3) is 10.9 Å². The number of halogens is 4. The van der Waals surface area contributed by atoms with Gasteiger partial charge in [-0.1, -0.05) is 4.40 Å². The lowest BCUT2D eigenvalue weighted by Crippen LogP contribution is -2.49. The minimum atomic E-state index is -3.02. The van der Waals surface area contributed by atoms with Crippen LogP contribution in [0.5, 0.6) is 0 Å². The first-order valence-electron chi connectivity index (χ1n) is 8.66. The summed E-state index contributed by atoms with van der Waals surface area (Å²) in [6.45, 7) is 5.21. The molecule has 1 fully saturated rings. The Morgan fingerprint density at radius 3 is 2.52 bits per heavy atom. The fourth-order valence-corrected chi connectivity index (χ4v) is 3.93. The number of aromatic nitrogens is 1. The van der Waals surface area contributed by atoms with Gasteiger partial charge in [0.1, 0.15) is 21.9 Å². The number of alkyl halides is 2. The Kier molecular flexibility index (Phi) is 5.94. The molecular formula is C18H19BrF3N3O3S. The van der Waals surface area contributed by atoms with Gasteiger partial charge in [0.2, 0.25) is 0 Å². The highest BCUT2D eigenvalue weighted by Crippen LogP contribution is 2.34. The van der Waals surface area contributed by atoms with Crippen molar-refractivity contribution in [1.82, 2.24) is 9.47 Å². The molecule has 0 radical (unpaired) electrons. The molecule has 1 N–H and O–H groups in total. The van der Waals surface area contributed by atoms with Crippen LogP contribution in [-0.2, 0) is 11.4 Å². The Labute approximate surface area is 176 Å². The average Bonchev–Trinajstić information content (AvgIpc) is 2.88. The third-order valence-electron chi connectivity index (χ3n) is 4.59. The number of amides is 1. The van der Waals surface area contributed by atoms with Gasteiger partial charge in [0.05, 0.1) is 16.0 Å². The Morgan fingerprint density at radius 2 is 2.00 bits per heavy atom. The van der Waals surface area contributed by atoms with Gasteiger partial charge in [0.25, 0.3) is 6.43 Å². The fraction of sp³-hybridized carbons (Fsp3) is 0.444. The molecule has 1 saturated heterocycles. The second kappa shape index (κ2) is 7.84. The minimum Gasteiger partial charge on any atom is -0.591 e. The molecule has 1 aromatic heterocycles. The van der Waals surface area contributed by atoms with Crippen molar-refractivity contribution in [3.63, 3.8) is 0 Å². The van der Waals surface area contributed by atoms with Crippen LogP contribution in [-0.4, -0.2) is 55.2 Å².